The molecule has 2 aromatic carbocycles. The van der Waals surface area contributed by atoms with Crippen LogP contribution in [0.25, 0.3) is 10.9 Å². The van der Waals surface area contributed by atoms with Gasteiger partial charge in [-0.2, -0.15) is 0 Å². The fourth-order valence-electron chi connectivity index (χ4n) is 3.10. The molecule has 0 bridgehead atoms. The van der Waals surface area contributed by atoms with Gasteiger partial charge in [0.15, 0.2) is 5.16 Å². The molecule has 3 aromatic rings. The highest BCUT2D eigenvalue weighted by Gasteiger charge is 2.16. The zero-order chi connectivity index (χ0) is 20.8. The second-order valence-electron chi connectivity index (χ2n) is 6.69. The number of amides is 1. The third kappa shape index (κ3) is 5.28. The van der Waals surface area contributed by atoms with E-state index in [-0.39, 0.29) is 17.2 Å². The van der Waals surface area contributed by atoms with Crippen LogP contribution in [0, 0.1) is 0 Å². The maximum absolute atomic E-state index is 13.0. The van der Waals surface area contributed by atoms with E-state index in [0.717, 1.165) is 16.5 Å². The zero-order valence-corrected chi connectivity index (χ0v) is 19.0. The first kappa shape index (κ1) is 21.6. The number of carbonyl (C=O) groups is 1. The molecule has 0 atom stereocenters. The standard InChI is InChI=1S/C22H24BrN3O2S/c1-3-12-26-21(28)18-13-17(23)10-11-19(18)24-22(26)29-15-20(27)25(4-2)14-16-8-6-5-7-9-16/h5-11,13H,3-4,12,14-15H2,1-2H3. The summed E-state index contributed by atoms with van der Waals surface area (Å²) in [6.45, 7) is 5.79. The van der Waals surface area contributed by atoms with Gasteiger partial charge in [0.05, 0.1) is 16.7 Å². The molecule has 0 aliphatic carbocycles. The van der Waals surface area contributed by atoms with E-state index in [2.05, 4.69) is 20.9 Å². The maximum Gasteiger partial charge on any atom is 0.262 e. The van der Waals surface area contributed by atoms with E-state index >= 15 is 0 Å². The van der Waals surface area contributed by atoms with Gasteiger partial charge in [0, 0.05) is 24.1 Å². The molecule has 5 nitrogen and oxygen atoms in total. The van der Waals surface area contributed by atoms with Gasteiger partial charge in [-0.25, -0.2) is 4.98 Å². The number of hydrogen-bond donors (Lipinski definition) is 0. The number of benzene rings is 2. The molecule has 1 aromatic heterocycles. The molecular weight excluding hydrogens is 450 g/mol. The van der Waals surface area contributed by atoms with Crippen molar-refractivity contribution in [2.75, 3.05) is 12.3 Å². The smallest absolute Gasteiger partial charge is 0.262 e. The lowest BCUT2D eigenvalue weighted by atomic mass is 10.2. The van der Waals surface area contributed by atoms with Crippen LogP contribution >= 0.6 is 27.7 Å². The largest absolute Gasteiger partial charge is 0.338 e. The van der Waals surface area contributed by atoms with E-state index < -0.39 is 0 Å². The van der Waals surface area contributed by atoms with Crippen LogP contribution in [0.3, 0.4) is 0 Å². The van der Waals surface area contributed by atoms with Crippen molar-refractivity contribution in [3.05, 3.63) is 68.9 Å². The molecule has 0 unspecified atom stereocenters. The van der Waals surface area contributed by atoms with Gasteiger partial charge >= 0.3 is 0 Å². The molecule has 1 amide bonds. The second kappa shape index (κ2) is 10.1. The van der Waals surface area contributed by atoms with Crippen LogP contribution < -0.4 is 5.56 Å². The molecule has 0 fully saturated rings. The fraction of sp³-hybridized carbons (Fsp3) is 0.318. The lowest BCUT2D eigenvalue weighted by Crippen LogP contribution is -2.32. The average molecular weight is 474 g/mol. The van der Waals surface area contributed by atoms with Gasteiger partial charge in [-0.1, -0.05) is 64.9 Å². The minimum Gasteiger partial charge on any atom is -0.338 e. The van der Waals surface area contributed by atoms with E-state index in [1.54, 1.807) is 10.6 Å². The second-order valence-corrected chi connectivity index (χ2v) is 8.55. The summed E-state index contributed by atoms with van der Waals surface area (Å²) in [4.78, 5) is 32.3. The number of rotatable bonds is 8. The molecule has 0 spiro atoms. The summed E-state index contributed by atoms with van der Waals surface area (Å²) in [5.41, 5.74) is 1.69. The Kier molecular flexibility index (Phi) is 7.50. The van der Waals surface area contributed by atoms with Gasteiger partial charge in [0.1, 0.15) is 0 Å². The first-order chi connectivity index (χ1) is 14.0. The number of carbonyl (C=O) groups excluding carboxylic acids is 1. The summed E-state index contributed by atoms with van der Waals surface area (Å²) in [6, 6.07) is 15.5. The lowest BCUT2D eigenvalue weighted by molar-refractivity contribution is -0.128. The van der Waals surface area contributed by atoms with Crippen LogP contribution in [-0.4, -0.2) is 32.7 Å². The Morgan fingerprint density at radius 3 is 2.62 bits per heavy atom. The zero-order valence-electron chi connectivity index (χ0n) is 16.6. The topological polar surface area (TPSA) is 55.2 Å². The van der Waals surface area contributed by atoms with Crippen LogP contribution in [0.2, 0.25) is 0 Å². The summed E-state index contributed by atoms with van der Waals surface area (Å²) in [5, 5.41) is 1.18. The summed E-state index contributed by atoms with van der Waals surface area (Å²) < 4.78 is 2.53. The van der Waals surface area contributed by atoms with E-state index in [4.69, 9.17) is 0 Å². The number of aromatic nitrogens is 2. The molecule has 0 saturated heterocycles. The monoisotopic (exact) mass is 473 g/mol. The Morgan fingerprint density at radius 1 is 1.17 bits per heavy atom. The normalized spacial score (nSPS) is 11.0. The van der Waals surface area contributed by atoms with E-state index in [1.165, 1.54) is 11.8 Å². The molecule has 0 radical (unpaired) electrons. The van der Waals surface area contributed by atoms with Gasteiger partial charge in [-0.15, -0.1) is 0 Å². The van der Waals surface area contributed by atoms with Gasteiger partial charge in [-0.3, -0.25) is 14.2 Å². The quantitative estimate of drug-likeness (QED) is 0.351. The number of nitrogens with zero attached hydrogens (tertiary/aromatic N) is 3. The highest BCUT2D eigenvalue weighted by Crippen LogP contribution is 2.21. The highest BCUT2D eigenvalue weighted by molar-refractivity contribution is 9.10. The Balaban J connectivity index is 1.81. The Bertz CT molecular complexity index is 1050. The number of hydrogen-bond acceptors (Lipinski definition) is 4. The molecule has 7 heteroatoms. The van der Waals surface area contributed by atoms with E-state index in [1.807, 2.05) is 61.2 Å². The molecule has 29 heavy (non-hydrogen) atoms. The SMILES string of the molecule is CCCn1c(SCC(=O)N(CC)Cc2ccccc2)nc2ccc(Br)cc2c1=O. The fourth-order valence-corrected chi connectivity index (χ4v) is 4.39. The van der Waals surface area contributed by atoms with Gasteiger partial charge < -0.3 is 4.90 Å². The summed E-state index contributed by atoms with van der Waals surface area (Å²) in [5.74, 6) is 0.285. The molecule has 3 rings (SSSR count). The summed E-state index contributed by atoms with van der Waals surface area (Å²) >= 11 is 4.75. The number of halogens is 1. The van der Waals surface area contributed by atoms with Gasteiger partial charge in [-0.05, 0) is 37.1 Å². The Hall–Kier alpha value is -2.12. The number of thioether (sulfide) groups is 1. The maximum atomic E-state index is 13.0. The third-order valence-corrected chi connectivity index (χ3v) is 6.06. The van der Waals surface area contributed by atoms with Crippen molar-refractivity contribution < 1.29 is 4.79 Å². The van der Waals surface area contributed by atoms with E-state index in [0.29, 0.717) is 35.7 Å². The van der Waals surface area contributed by atoms with Crippen molar-refractivity contribution in [1.82, 2.24) is 14.5 Å². The predicted octanol–water partition coefficient (Wildman–Crippen LogP) is 4.71. The minimum atomic E-state index is -0.0651. The Morgan fingerprint density at radius 2 is 1.93 bits per heavy atom. The molecule has 0 aliphatic rings. The lowest BCUT2D eigenvalue weighted by Gasteiger charge is -2.21. The van der Waals surface area contributed by atoms with Gasteiger partial charge in [0.25, 0.3) is 5.56 Å². The van der Waals surface area contributed by atoms with Crippen molar-refractivity contribution >= 4 is 44.5 Å². The molecule has 152 valence electrons. The van der Waals surface area contributed by atoms with Crippen LogP contribution in [0.4, 0.5) is 0 Å². The molecule has 1 heterocycles. The highest BCUT2D eigenvalue weighted by atomic mass is 79.9. The van der Waals surface area contributed by atoms with Crippen molar-refractivity contribution in [2.24, 2.45) is 0 Å². The van der Waals surface area contributed by atoms with Crippen LogP contribution in [0.15, 0.2) is 63.0 Å². The first-order valence-electron chi connectivity index (χ1n) is 9.68. The predicted molar refractivity (Wildman–Crippen MR) is 122 cm³/mol. The van der Waals surface area contributed by atoms with Crippen LogP contribution in [-0.2, 0) is 17.9 Å². The molecule has 0 saturated carbocycles. The van der Waals surface area contributed by atoms with Crippen LogP contribution in [0.1, 0.15) is 25.8 Å². The Labute approximate surface area is 183 Å². The average Bonchev–Trinajstić information content (AvgIpc) is 2.74. The third-order valence-electron chi connectivity index (χ3n) is 4.60. The van der Waals surface area contributed by atoms with Crippen molar-refractivity contribution in [1.29, 1.82) is 0 Å². The van der Waals surface area contributed by atoms with Crippen molar-refractivity contribution in [3.8, 4) is 0 Å². The van der Waals surface area contributed by atoms with Crippen molar-refractivity contribution in [3.63, 3.8) is 0 Å². The minimum absolute atomic E-state index is 0.0366. The van der Waals surface area contributed by atoms with E-state index in [9.17, 15) is 9.59 Å². The summed E-state index contributed by atoms with van der Waals surface area (Å²) in [6.07, 6.45) is 0.817. The van der Waals surface area contributed by atoms with Gasteiger partial charge in [0.2, 0.25) is 5.91 Å². The molecule has 0 aliphatic heterocycles. The van der Waals surface area contributed by atoms with Crippen LogP contribution in [0.5, 0.6) is 0 Å². The molecular formula is C22H24BrN3O2S. The number of fused-ring (bicyclic) bond motifs is 1. The summed E-state index contributed by atoms with van der Waals surface area (Å²) in [7, 11) is 0. The first-order valence-corrected chi connectivity index (χ1v) is 11.5. The molecule has 0 N–H and O–H groups in total. The van der Waals surface area contributed by atoms with Crippen molar-refractivity contribution in [2.45, 2.75) is 38.5 Å².